The lowest BCUT2D eigenvalue weighted by Gasteiger charge is -2.32. The number of allylic oxidation sites excluding steroid dienone is 2. The van der Waals surface area contributed by atoms with Gasteiger partial charge < -0.3 is 28.7 Å². The molecule has 9 nitrogen and oxygen atoms in total. The molecule has 1 aromatic heterocycles. The number of carbonyl (C=O) groups is 1. The third-order valence-electron chi connectivity index (χ3n) is 9.24. The number of aldehydes is 1. The molecule has 2 fully saturated rings. The fourth-order valence-electron chi connectivity index (χ4n) is 5.96. The van der Waals surface area contributed by atoms with Crippen LogP contribution in [0.2, 0.25) is 0 Å². The number of nitrogens with zero attached hydrogens (tertiary/aromatic N) is 2. The number of nitrogens with one attached hydrogen (secondary N) is 1. The number of anilines is 1. The molecule has 3 aromatic rings. The Morgan fingerprint density at radius 2 is 1.71 bits per heavy atom. The van der Waals surface area contributed by atoms with Crippen LogP contribution in [-0.4, -0.2) is 57.6 Å². The normalized spacial score (nSPS) is 18.3. The number of aliphatic imine (C=N–C) groups is 1. The average molecular weight is 656 g/mol. The summed E-state index contributed by atoms with van der Waals surface area (Å²) in [5.74, 6) is 0.583. The van der Waals surface area contributed by atoms with Crippen molar-refractivity contribution in [1.29, 1.82) is 0 Å². The number of rotatable bonds is 9. The second-order valence-electron chi connectivity index (χ2n) is 13.0. The van der Waals surface area contributed by atoms with Gasteiger partial charge in [0, 0.05) is 29.8 Å². The van der Waals surface area contributed by atoms with Crippen LogP contribution in [0.3, 0.4) is 0 Å². The van der Waals surface area contributed by atoms with Crippen molar-refractivity contribution in [3.8, 4) is 0 Å². The fraction of sp³-hybridized carbons (Fsp3) is 0.447. The van der Waals surface area contributed by atoms with Gasteiger partial charge in [-0.25, -0.2) is 0 Å². The van der Waals surface area contributed by atoms with Gasteiger partial charge in [-0.1, -0.05) is 38.1 Å². The maximum absolute atomic E-state index is 13.6. The molecule has 0 saturated carbocycles. The maximum atomic E-state index is 13.6. The molecule has 1 N–H and O–H groups in total. The van der Waals surface area contributed by atoms with E-state index in [-0.39, 0.29) is 11.5 Å². The first-order valence-electron chi connectivity index (χ1n) is 16.8. The van der Waals surface area contributed by atoms with E-state index in [0.29, 0.717) is 76.7 Å². The summed E-state index contributed by atoms with van der Waals surface area (Å²) in [5.41, 5.74) is 4.89. The van der Waals surface area contributed by atoms with Crippen LogP contribution in [0.5, 0.6) is 0 Å². The van der Waals surface area contributed by atoms with E-state index in [0.717, 1.165) is 17.4 Å². The molecular formula is C38H50BN3O6. The second kappa shape index (κ2) is 15.1. The van der Waals surface area contributed by atoms with Crippen LogP contribution in [0, 0.1) is 13.8 Å². The first kappa shape index (κ1) is 36.8. The number of benzene rings is 2. The average Bonchev–Trinajstić information content (AvgIpc) is 3.29. The molecule has 1 atom stereocenters. The number of fused-ring (bicyclic) bond motifs is 1. The summed E-state index contributed by atoms with van der Waals surface area (Å²) in [4.78, 5) is 32.4. The summed E-state index contributed by atoms with van der Waals surface area (Å²) in [5, 5.41) is 4.14. The van der Waals surface area contributed by atoms with Crippen molar-refractivity contribution in [2.45, 2.75) is 86.5 Å². The Labute approximate surface area is 285 Å². The summed E-state index contributed by atoms with van der Waals surface area (Å²) < 4.78 is 24.5. The number of ether oxygens (including phenoxy) is 1. The van der Waals surface area contributed by atoms with E-state index in [1.165, 1.54) is 0 Å². The third-order valence-corrected chi connectivity index (χ3v) is 9.24. The monoisotopic (exact) mass is 655 g/mol. The number of aryl methyl sites for hydroxylation is 1. The zero-order valence-corrected chi connectivity index (χ0v) is 30.2. The highest BCUT2D eigenvalue weighted by Crippen LogP contribution is 2.37. The van der Waals surface area contributed by atoms with Crippen LogP contribution in [-0.2, 0) is 14.0 Å². The van der Waals surface area contributed by atoms with E-state index in [2.05, 4.69) is 21.9 Å². The Morgan fingerprint density at radius 3 is 2.29 bits per heavy atom. The Bertz CT molecular complexity index is 1770. The molecule has 1 unspecified atom stereocenters. The summed E-state index contributed by atoms with van der Waals surface area (Å²) in [6.45, 7) is 26.0. The molecule has 0 amide bonds. The van der Waals surface area contributed by atoms with Gasteiger partial charge in [-0.05, 0) is 91.3 Å². The van der Waals surface area contributed by atoms with Crippen LogP contribution < -0.4 is 21.1 Å². The number of hydrogen-bond donors (Lipinski definition) is 1. The van der Waals surface area contributed by atoms with Crippen molar-refractivity contribution in [2.24, 2.45) is 4.99 Å². The van der Waals surface area contributed by atoms with E-state index < -0.39 is 18.3 Å². The van der Waals surface area contributed by atoms with E-state index in [4.69, 9.17) is 18.5 Å². The highest BCUT2D eigenvalue weighted by molar-refractivity contribution is 6.63. The molecule has 48 heavy (non-hydrogen) atoms. The van der Waals surface area contributed by atoms with Gasteiger partial charge in [-0.3, -0.25) is 14.6 Å². The van der Waals surface area contributed by atoms with Gasteiger partial charge in [-0.15, -0.1) is 0 Å². The van der Waals surface area contributed by atoms with Crippen molar-refractivity contribution in [1.82, 2.24) is 5.32 Å². The molecule has 0 aliphatic carbocycles. The lowest BCUT2D eigenvalue weighted by Crippen LogP contribution is -2.41. The Morgan fingerprint density at radius 1 is 1.06 bits per heavy atom. The molecule has 0 spiro atoms. The number of hydrogen-bond acceptors (Lipinski definition) is 9. The summed E-state index contributed by atoms with van der Waals surface area (Å²) in [7, 11) is -0.674. The van der Waals surface area contributed by atoms with Gasteiger partial charge in [0.1, 0.15) is 11.9 Å². The molecule has 3 heterocycles. The molecule has 2 aromatic carbocycles. The predicted octanol–water partition coefficient (Wildman–Crippen LogP) is 6.68. The van der Waals surface area contributed by atoms with Crippen LogP contribution >= 0.6 is 0 Å². The standard InChI is InChI=1S/C36H44BN3O6.C2H6/c1-10-11-30(31(38-9)25-12-13-29(26(20-25)21-41)37-45-35(5,6)36(7,8)46-37)39-24(4)27-18-22(2)19-28-32(42)23(3)34(44-33(27)28)40-14-16-43-17-15-40;1-2/h10-13,18-21,24,39H,9,14-17H2,1-8H3;1-2H3/b11-10-,31-30+;. The van der Waals surface area contributed by atoms with Crippen LogP contribution in [0.4, 0.5) is 5.88 Å². The van der Waals surface area contributed by atoms with Crippen LogP contribution in [0.1, 0.15) is 94.0 Å². The van der Waals surface area contributed by atoms with Crippen LogP contribution in [0.25, 0.3) is 16.7 Å². The Hall–Kier alpha value is -3.99. The minimum absolute atomic E-state index is 0.0407. The summed E-state index contributed by atoms with van der Waals surface area (Å²) in [6.07, 6.45) is 4.64. The first-order valence-corrected chi connectivity index (χ1v) is 16.8. The Balaban J connectivity index is 0.00000255. The van der Waals surface area contributed by atoms with Crippen LogP contribution in [0.15, 0.2) is 62.4 Å². The van der Waals surface area contributed by atoms with Gasteiger partial charge in [-0.2, -0.15) is 0 Å². The lowest BCUT2D eigenvalue weighted by atomic mass is 9.75. The molecular weight excluding hydrogens is 605 g/mol. The molecule has 0 radical (unpaired) electrons. The molecule has 256 valence electrons. The summed E-state index contributed by atoms with van der Waals surface area (Å²) >= 11 is 0. The number of morpholine rings is 1. The molecule has 2 aliphatic rings. The largest absolute Gasteiger partial charge is 0.495 e. The topological polar surface area (TPSA) is 103 Å². The minimum Gasteiger partial charge on any atom is -0.440 e. The van der Waals surface area contributed by atoms with Gasteiger partial charge in [0.15, 0.2) is 5.43 Å². The molecule has 0 bridgehead atoms. The van der Waals surface area contributed by atoms with E-state index in [9.17, 15) is 9.59 Å². The molecule has 2 aliphatic heterocycles. The highest BCUT2D eigenvalue weighted by Gasteiger charge is 2.52. The van der Waals surface area contributed by atoms with E-state index >= 15 is 0 Å². The van der Waals surface area contributed by atoms with Gasteiger partial charge in [0.2, 0.25) is 5.88 Å². The van der Waals surface area contributed by atoms with E-state index in [1.807, 2.05) is 106 Å². The minimum atomic E-state index is -0.674. The van der Waals surface area contributed by atoms with Crippen molar-refractivity contribution in [3.63, 3.8) is 0 Å². The lowest BCUT2D eigenvalue weighted by molar-refractivity contribution is 0.00578. The molecule has 10 heteroatoms. The van der Waals surface area contributed by atoms with Crippen molar-refractivity contribution >= 4 is 48.1 Å². The van der Waals surface area contributed by atoms with Crippen molar-refractivity contribution < 1.29 is 23.3 Å². The molecule has 2 saturated heterocycles. The van der Waals surface area contributed by atoms with Crippen molar-refractivity contribution in [2.75, 3.05) is 31.2 Å². The summed E-state index contributed by atoms with van der Waals surface area (Å²) in [6, 6.07) is 9.16. The SMILES string of the molecule is C=N/C(=C(\C=C/C)NC(C)c1cc(C)cc2c(=O)c(C)c(N3CCOCC3)oc12)c1ccc(B2OC(C)(C)C(C)(C)O2)c(C=O)c1.CC. The Kier molecular flexibility index (Phi) is 11.6. The smallest absolute Gasteiger partial charge is 0.440 e. The van der Waals surface area contributed by atoms with Gasteiger partial charge in [0.05, 0.1) is 52.8 Å². The number of carbonyl (C=O) groups excluding carboxylic acids is 1. The third kappa shape index (κ3) is 7.21. The maximum Gasteiger partial charge on any atom is 0.495 e. The fourth-order valence-corrected chi connectivity index (χ4v) is 5.96. The predicted molar refractivity (Wildman–Crippen MR) is 197 cm³/mol. The van der Waals surface area contributed by atoms with Gasteiger partial charge >= 0.3 is 7.12 Å². The van der Waals surface area contributed by atoms with E-state index in [1.54, 1.807) is 6.07 Å². The highest BCUT2D eigenvalue weighted by atomic mass is 16.7. The van der Waals surface area contributed by atoms with Crippen molar-refractivity contribution in [3.05, 3.63) is 86.2 Å². The first-order chi connectivity index (χ1) is 22.8. The zero-order chi connectivity index (χ0) is 35.4. The quantitative estimate of drug-likeness (QED) is 0.118. The second-order valence-corrected chi connectivity index (χ2v) is 13.0. The molecule has 5 rings (SSSR count). The zero-order valence-electron chi connectivity index (χ0n) is 30.2. The van der Waals surface area contributed by atoms with Gasteiger partial charge in [0.25, 0.3) is 0 Å².